The Kier molecular flexibility index (Phi) is 3.72. The minimum atomic E-state index is 0.412. The molecule has 0 saturated heterocycles. The Morgan fingerprint density at radius 3 is 2.67 bits per heavy atom. The van der Waals surface area contributed by atoms with Gasteiger partial charge in [-0.15, -0.1) is 5.10 Å². The van der Waals surface area contributed by atoms with Gasteiger partial charge >= 0.3 is 0 Å². The van der Waals surface area contributed by atoms with Crippen molar-refractivity contribution in [3.63, 3.8) is 0 Å². The minimum absolute atomic E-state index is 0.412. The SMILES string of the molecule is Cc1ccc(-n2nnnc2CNC(C)C)cc1C. The highest BCUT2D eigenvalue weighted by Crippen LogP contribution is 2.13. The molecule has 0 unspecified atom stereocenters. The molecule has 0 spiro atoms. The summed E-state index contributed by atoms with van der Waals surface area (Å²) >= 11 is 0. The van der Waals surface area contributed by atoms with Crippen molar-refractivity contribution in [1.82, 2.24) is 25.5 Å². The van der Waals surface area contributed by atoms with Crippen LogP contribution in [0.4, 0.5) is 0 Å². The van der Waals surface area contributed by atoms with Crippen LogP contribution in [0.15, 0.2) is 18.2 Å². The van der Waals surface area contributed by atoms with E-state index in [1.807, 2.05) is 6.07 Å². The van der Waals surface area contributed by atoms with Gasteiger partial charge in [-0.25, -0.2) is 0 Å². The first kappa shape index (κ1) is 12.7. The van der Waals surface area contributed by atoms with Crippen LogP contribution in [0, 0.1) is 13.8 Å². The molecule has 5 nitrogen and oxygen atoms in total. The second-order valence-corrected chi connectivity index (χ2v) is 4.81. The van der Waals surface area contributed by atoms with E-state index in [2.05, 4.69) is 60.7 Å². The molecular formula is C13H19N5. The second-order valence-electron chi connectivity index (χ2n) is 4.81. The summed E-state index contributed by atoms with van der Waals surface area (Å²) in [6, 6.07) is 6.64. The molecule has 96 valence electrons. The van der Waals surface area contributed by atoms with Crippen LogP contribution < -0.4 is 5.32 Å². The molecule has 0 saturated carbocycles. The van der Waals surface area contributed by atoms with Crippen molar-refractivity contribution in [2.75, 3.05) is 0 Å². The van der Waals surface area contributed by atoms with Gasteiger partial charge in [0.15, 0.2) is 5.82 Å². The monoisotopic (exact) mass is 245 g/mol. The van der Waals surface area contributed by atoms with Gasteiger partial charge in [0.25, 0.3) is 0 Å². The standard InChI is InChI=1S/C13H19N5/c1-9(2)14-8-13-15-16-17-18(13)12-6-5-10(3)11(4)7-12/h5-7,9,14H,8H2,1-4H3. The average molecular weight is 245 g/mol. The van der Waals surface area contributed by atoms with Gasteiger partial charge in [-0.2, -0.15) is 4.68 Å². The molecular weight excluding hydrogens is 226 g/mol. The number of nitrogens with zero attached hydrogens (tertiary/aromatic N) is 4. The van der Waals surface area contributed by atoms with Crippen molar-refractivity contribution >= 4 is 0 Å². The van der Waals surface area contributed by atoms with Crippen LogP contribution in [0.2, 0.25) is 0 Å². The third-order valence-corrected chi connectivity index (χ3v) is 2.94. The number of tetrazole rings is 1. The average Bonchev–Trinajstić information content (AvgIpc) is 2.78. The number of aryl methyl sites for hydroxylation is 2. The maximum absolute atomic E-state index is 4.06. The van der Waals surface area contributed by atoms with Crippen molar-refractivity contribution in [2.45, 2.75) is 40.3 Å². The molecule has 2 aromatic rings. The van der Waals surface area contributed by atoms with Crippen molar-refractivity contribution in [3.05, 3.63) is 35.2 Å². The first-order valence-electron chi connectivity index (χ1n) is 6.16. The number of hydrogen-bond donors (Lipinski definition) is 1. The topological polar surface area (TPSA) is 55.6 Å². The highest BCUT2D eigenvalue weighted by molar-refractivity contribution is 5.39. The smallest absolute Gasteiger partial charge is 0.170 e. The van der Waals surface area contributed by atoms with E-state index in [-0.39, 0.29) is 0 Å². The molecule has 2 rings (SSSR count). The van der Waals surface area contributed by atoms with Gasteiger partial charge in [-0.05, 0) is 47.5 Å². The molecule has 1 aromatic heterocycles. The summed E-state index contributed by atoms with van der Waals surface area (Å²) in [5.41, 5.74) is 3.52. The fourth-order valence-corrected chi connectivity index (χ4v) is 1.67. The quantitative estimate of drug-likeness (QED) is 0.892. The van der Waals surface area contributed by atoms with Crippen LogP contribution in [0.3, 0.4) is 0 Å². The number of rotatable bonds is 4. The van der Waals surface area contributed by atoms with Crippen LogP contribution in [-0.2, 0) is 6.54 Å². The second kappa shape index (κ2) is 5.27. The highest BCUT2D eigenvalue weighted by atomic mass is 15.5. The van der Waals surface area contributed by atoms with Gasteiger partial charge in [-0.1, -0.05) is 19.9 Å². The lowest BCUT2D eigenvalue weighted by Gasteiger charge is -2.09. The van der Waals surface area contributed by atoms with Crippen LogP contribution in [0.25, 0.3) is 5.69 Å². The van der Waals surface area contributed by atoms with Gasteiger partial charge in [-0.3, -0.25) is 0 Å². The first-order chi connectivity index (χ1) is 8.58. The summed E-state index contributed by atoms with van der Waals surface area (Å²) in [7, 11) is 0. The van der Waals surface area contributed by atoms with Crippen molar-refractivity contribution in [3.8, 4) is 5.69 Å². The van der Waals surface area contributed by atoms with E-state index in [1.54, 1.807) is 4.68 Å². The third kappa shape index (κ3) is 2.73. The maximum Gasteiger partial charge on any atom is 0.170 e. The van der Waals surface area contributed by atoms with Gasteiger partial charge < -0.3 is 5.32 Å². The summed E-state index contributed by atoms with van der Waals surface area (Å²) < 4.78 is 1.78. The molecule has 0 radical (unpaired) electrons. The van der Waals surface area contributed by atoms with Crippen molar-refractivity contribution < 1.29 is 0 Å². The zero-order valence-corrected chi connectivity index (χ0v) is 11.3. The number of nitrogens with one attached hydrogen (secondary N) is 1. The zero-order chi connectivity index (χ0) is 13.1. The summed E-state index contributed by atoms with van der Waals surface area (Å²) in [5.74, 6) is 0.826. The Labute approximate surface area is 107 Å². The molecule has 1 aromatic carbocycles. The lowest BCUT2D eigenvalue weighted by molar-refractivity contribution is 0.563. The molecule has 0 aliphatic carbocycles. The van der Waals surface area contributed by atoms with Crippen LogP contribution in [0.5, 0.6) is 0 Å². The molecule has 1 N–H and O–H groups in total. The Bertz CT molecular complexity index is 530. The van der Waals surface area contributed by atoms with Crippen LogP contribution >= 0.6 is 0 Å². The van der Waals surface area contributed by atoms with E-state index in [1.165, 1.54) is 11.1 Å². The number of hydrogen-bond acceptors (Lipinski definition) is 4. The Morgan fingerprint density at radius 2 is 2.00 bits per heavy atom. The Hall–Kier alpha value is -1.75. The summed E-state index contributed by atoms with van der Waals surface area (Å²) in [6.07, 6.45) is 0. The van der Waals surface area contributed by atoms with Crippen molar-refractivity contribution in [1.29, 1.82) is 0 Å². The first-order valence-corrected chi connectivity index (χ1v) is 6.16. The molecule has 0 bridgehead atoms. The molecule has 1 heterocycles. The normalized spacial score (nSPS) is 11.2. The summed E-state index contributed by atoms with van der Waals surface area (Å²) in [4.78, 5) is 0. The van der Waals surface area contributed by atoms with Crippen LogP contribution in [0.1, 0.15) is 30.8 Å². The molecule has 0 fully saturated rings. The van der Waals surface area contributed by atoms with E-state index < -0.39 is 0 Å². The molecule has 0 atom stereocenters. The third-order valence-electron chi connectivity index (χ3n) is 2.94. The largest absolute Gasteiger partial charge is 0.308 e. The minimum Gasteiger partial charge on any atom is -0.308 e. The van der Waals surface area contributed by atoms with E-state index in [4.69, 9.17) is 0 Å². The molecule has 18 heavy (non-hydrogen) atoms. The van der Waals surface area contributed by atoms with Gasteiger partial charge in [0.2, 0.25) is 0 Å². The van der Waals surface area contributed by atoms with Gasteiger partial charge in [0, 0.05) is 6.04 Å². The molecule has 0 amide bonds. The summed E-state index contributed by atoms with van der Waals surface area (Å²) in [6.45, 7) is 9.06. The fraction of sp³-hybridized carbons (Fsp3) is 0.462. The van der Waals surface area contributed by atoms with E-state index in [9.17, 15) is 0 Å². The van der Waals surface area contributed by atoms with Crippen LogP contribution in [-0.4, -0.2) is 26.2 Å². The molecule has 0 aliphatic rings. The van der Waals surface area contributed by atoms with E-state index in [0.29, 0.717) is 12.6 Å². The van der Waals surface area contributed by atoms with E-state index in [0.717, 1.165) is 11.5 Å². The Balaban J connectivity index is 2.27. The van der Waals surface area contributed by atoms with Gasteiger partial charge in [0.1, 0.15) is 0 Å². The fourth-order valence-electron chi connectivity index (χ4n) is 1.67. The highest BCUT2D eigenvalue weighted by Gasteiger charge is 2.09. The zero-order valence-electron chi connectivity index (χ0n) is 11.3. The van der Waals surface area contributed by atoms with Gasteiger partial charge in [0.05, 0.1) is 12.2 Å². The summed E-state index contributed by atoms with van der Waals surface area (Å²) in [5, 5.41) is 15.2. The number of benzene rings is 1. The molecule has 5 heteroatoms. The molecule has 0 aliphatic heterocycles. The van der Waals surface area contributed by atoms with Crippen molar-refractivity contribution in [2.24, 2.45) is 0 Å². The predicted octanol–water partition coefficient (Wildman–Crippen LogP) is 1.78. The van der Waals surface area contributed by atoms with E-state index >= 15 is 0 Å². The number of aromatic nitrogens is 4. The predicted molar refractivity (Wildman–Crippen MR) is 70.6 cm³/mol. The lowest BCUT2D eigenvalue weighted by Crippen LogP contribution is -2.24. The Morgan fingerprint density at radius 1 is 1.22 bits per heavy atom. The maximum atomic E-state index is 4.06. The lowest BCUT2D eigenvalue weighted by atomic mass is 10.1.